The normalized spacial score (nSPS) is 24.5. The van der Waals surface area contributed by atoms with Crippen LogP contribution < -0.4 is 5.73 Å². The van der Waals surface area contributed by atoms with Crippen molar-refractivity contribution in [2.24, 2.45) is 11.1 Å². The number of aromatic nitrogens is 1. The zero-order chi connectivity index (χ0) is 12.8. The molecule has 0 bridgehead atoms. The van der Waals surface area contributed by atoms with Crippen LogP contribution in [0, 0.1) is 12.3 Å². The maximum Gasteiger partial charge on any atom is 0.0318 e. The van der Waals surface area contributed by atoms with Gasteiger partial charge in [-0.05, 0) is 50.2 Å². The first-order valence-corrected chi connectivity index (χ1v) is 6.82. The number of hydrogen-bond acceptors (Lipinski definition) is 1. The van der Waals surface area contributed by atoms with Gasteiger partial charge >= 0.3 is 0 Å². The first-order chi connectivity index (χ1) is 7.85. The van der Waals surface area contributed by atoms with Crippen LogP contribution in [-0.2, 0) is 6.42 Å². The van der Waals surface area contributed by atoms with Gasteiger partial charge in [0.2, 0.25) is 0 Å². The summed E-state index contributed by atoms with van der Waals surface area (Å²) in [7, 11) is 0. The van der Waals surface area contributed by atoms with Crippen LogP contribution in [0.4, 0.5) is 0 Å². The standard InChI is InChI=1S/C15H26N2/c1-6-10(2)17-11(3)7-12-13(16)8-15(4,5)9-14(12)17/h7,10,13H,6,8-9,16H2,1-5H3. The predicted molar refractivity (Wildman–Crippen MR) is 73.2 cm³/mol. The molecule has 17 heavy (non-hydrogen) atoms. The molecule has 96 valence electrons. The van der Waals surface area contributed by atoms with Crippen LogP contribution in [0.15, 0.2) is 6.07 Å². The van der Waals surface area contributed by atoms with Crippen LogP contribution in [-0.4, -0.2) is 4.57 Å². The molecule has 2 nitrogen and oxygen atoms in total. The summed E-state index contributed by atoms with van der Waals surface area (Å²) in [5.41, 5.74) is 10.9. The second-order valence-electron chi connectivity index (χ2n) is 6.47. The van der Waals surface area contributed by atoms with E-state index >= 15 is 0 Å². The highest BCUT2D eigenvalue weighted by atomic mass is 15.0. The van der Waals surface area contributed by atoms with E-state index in [4.69, 9.17) is 5.73 Å². The average Bonchev–Trinajstić information content (AvgIpc) is 2.52. The van der Waals surface area contributed by atoms with Gasteiger partial charge in [-0.15, -0.1) is 0 Å². The largest absolute Gasteiger partial charge is 0.346 e. The Labute approximate surface area is 105 Å². The van der Waals surface area contributed by atoms with Gasteiger partial charge in [0.15, 0.2) is 0 Å². The summed E-state index contributed by atoms with van der Waals surface area (Å²) in [4.78, 5) is 0. The van der Waals surface area contributed by atoms with Crippen molar-refractivity contribution in [3.63, 3.8) is 0 Å². The van der Waals surface area contributed by atoms with Gasteiger partial charge in [-0.3, -0.25) is 0 Å². The number of nitrogens with two attached hydrogens (primary N) is 1. The Hall–Kier alpha value is -0.760. The quantitative estimate of drug-likeness (QED) is 0.830. The molecule has 2 heteroatoms. The van der Waals surface area contributed by atoms with Crippen molar-refractivity contribution in [2.75, 3.05) is 0 Å². The van der Waals surface area contributed by atoms with Gasteiger partial charge in [-0.25, -0.2) is 0 Å². The lowest BCUT2D eigenvalue weighted by Gasteiger charge is -2.35. The van der Waals surface area contributed by atoms with E-state index in [1.807, 2.05) is 0 Å². The highest BCUT2D eigenvalue weighted by Gasteiger charge is 2.33. The Morgan fingerprint density at radius 2 is 2.18 bits per heavy atom. The molecule has 1 aromatic heterocycles. The Morgan fingerprint density at radius 3 is 2.76 bits per heavy atom. The van der Waals surface area contributed by atoms with Gasteiger partial charge in [0.1, 0.15) is 0 Å². The Bertz CT molecular complexity index is 415. The third kappa shape index (κ3) is 2.15. The zero-order valence-electron chi connectivity index (χ0n) is 11.9. The Kier molecular flexibility index (Phi) is 3.11. The predicted octanol–water partition coefficient (Wildman–Crippen LogP) is 3.74. The third-order valence-corrected chi connectivity index (χ3v) is 4.22. The first kappa shape index (κ1) is 12.7. The highest BCUT2D eigenvalue weighted by molar-refractivity contribution is 5.34. The van der Waals surface area contributed by atoms with E-state index in [1.54, 1.807) is 0 Å². The van der Waals surface area contributed by atoms with Crippen molar-refractivity contribution in [1.29, 1.82) is 0 Å². The molecule has 1 aliphatic carbocycles. The van der Waals surface area contributed by atoms with Gasteiger partial charge in [-0.2, -0.15) is 0 Å². The smallest absolute Gasteiger partial charge is 0.0318 e. The van der Waals surface area contributed by atoms with Crippen molar-refractivity contribution in [3.05, 3.63) is 23.0 Å². The summed E-state index contributed by atoms with van der Waals surface area (Å²) in [6.07, 6.45) is 3.44. The Morgan fingerprint density at radius 1 is 1.53 bits per heavy atom. The molecule has 2 unspecified atom stereocenters. The lowest BCUT2D eigenvalue weighted by molar-refractivity contribution is 0.271. The van der Waals surface area contributed by atoms with Crippen molar-refractivity contribution >= 4 is 0 Å². The summed E-state index contributed by atoms with van der Waals surface area (Å²) < 4.78 is 2.51. The molecule has 1 aliphatic rings. The van der Waals surface area contributed by atoms with Crippen LogP contribution in [0.5, 0.6) is 0 Å². The van der Waals surface area contributed by atoms with Gasteiger partial charge in [0.25, 0.3) is 0 Å². The van der Waals surface area contributed by atoms with Crippen LogP contribution in [0.1, 0.15) is 69.6 Å². The molecule has 0 amide bonds. The average molecular weight is 234 g/mol. The van der Waals surface area contributed by atoms with Gasteiger partial charge in [0.05, 0.1) is 0 Å². The molecule has 1 aromatic rings. The SMILES string of the molecule is CCC(C)n1c(C)cc2c1CC(C)(C)CC2N. The molecule has 2 N–H and O–H groups in total. The Balaban J connectivity index is 2.51. The molecular weight excluding hydrogens is 208 g/mol. The van der Waals surface area contributed by atoms with E-state index in [9.17, 15) is 0 Å². The van der Waals surface area contributed by atoms with E-state index < -0.39 is 0 Å². The fourth-order valence-electron chi connectivity index (χ4n) is 3.27. The van der Waals surface area contributed by atoms with Crippen molar-refractivity contribution in [3.8, 4) is 0 Å². The van der Waals surface area contributed by atoms with Crippen molar-refractivity contribution < 1.29 is 0 Å². The van der Waals surface area contributed by atoms with Gasteiger partial charge in [-0.1, -0.05) is 20.8 Å². The molecule has 0 fully saturated rings. The summed E-state index contributed by atoms with van der Waals surface area (Å²) in [5.74, 6) is 0. The minimum Gasteiger partial charge on any atom is -0.346 e. The lowest BCUT2D eigenvalue weighted by Crippen LogP contribution is -2.31. The number of fused-ring (bicyclic) bond motifs is 1. The molecule has 0 radical (unpaired) electrons. The topological polar surface area (TPSA) is 30.9 Å². The second-order valence-corrected chi connectivity index (χ2v) is 6.47. The lowest BCUT2D eigenvalue weighted by atomic mass is 9.74. The van der Waals surface area contributed by atoms with Crippen LogP contribution in [0.3, 0.4) is 0 Å². The highest BCUT2D eigenvalue weighted by Crippen LogP contribution is 2.42. The van der Waals surface area contributed by atoms with E-state index in [0.29, 0.717) is 11.5 Å². The minimum absolute atomic E-state index is 0.220. The molecule has 2 rings (SSSR count). The molecule has 0 saturated heterocycles. The van der Waals surface area contributed by atoms with E-state index in [2.05, 4.69) is 45.3 Å². The fourth-order valence-corrected chi connectivity index (χ4v) is 3.27. The van der Waals surface area contributed by atoms with Gasteiger partial charge in [0, 0.05) is 23.5 Å². The van der Waals surface area contributed by atoms with Crippen LogP contribution >= 0.6 is 0 Å². The first-order valence-electron chi connectivity index (χ1n) is 6.82. The fraction of sp³-hybridized carbons (Fsp3) is 0.733. The zero-order valence-corrected chi connectivity index (χ0v) is 11.9. The van der Waals surface area contributed by atoms with Crippen LogP contribution in [0.25, 0.3) is 0 Å². The van der Waals surface area contributed by atoms with Crippen LogP contribution in [0.2, 0.25) is 0 Å². The van der Waals surface area contributed by atoms with E-state index in [1.165, 1.54) is 23.4 Å². The molecule has 2 atom stereocenters. The summed E-state index contributed by atoms with van der Waals surface area (Å²) in [6.45, 7) is 11.4. The number of rotatable bonds is 2. The molecule has 0 spiro atoms. The summed E-state index contributed by atoms with van der Waals surface area (Å²) in [6, 6.07) is 3.11. The van der Waals surface area contributed by atoms with Crippen molar-refractivity contribution in [2.45, 2.75) is 66.0 Å². The molecule has 0 aromatic carbocycles. The van der Waals surface area contributed by atoms with E-state index in [0.717, 1.165) is 12.8 Å². The maximum absolute atomic E-state index is 6.33. The van der Waals surface area contributed by atoms with E-state index in [-0.39, 0.29) is 6.04 Å². The molecular formula is C15H26N2. The summed E-state index contributed by atoms with van der Waals surface area (Å²) >= 11 is 0. The molecule has 1 heterocycles. The number of nitrogens with zero attached hydrogens (tertiary/aromatic N) is 1. The minimum atomic E-state index is 0.220. The molecule has 0 aliphatic heterocycles. The maximum atomic E-state index is 6.33. The molecule has 0 saturated carbocycles. The van der Waals surface area contributed by atoms with Gasteiger partial charge < -0.3 is 10.3 Å². The third-order valence-electron chi connectivity index (χ3n) is 4.22. The van der Waals surface area contributed by atoms with Crippen molar-refractivity contribution in [1.82, 2.24) is 4.57 Å². The number of hydrogen-bond donors (Lipinski definition) is 1. The number of aryl methyl sites for hydroxylation is 1. The monoisotopic (exact) mass is 234 g/mol. The summed E-state index contributed by atoms with van der Waals surface area (Å²) in [5, 5.41) is 0. The second kappa shape index (κ2) is 4.16.